The van der Waals surface area contributed by atoms with Crippen molar-refractivity contribution in [3.63, 3.8) is 0 Å². The van der Waals surface area contributed by atoms with E-state index in [0.29, 0.717) is 11.5 Å². The summed E-state index contributed by atoms with van der Waals surface area (Å²) in [7, 11) is 0. The second-order valence-electron chi connectivity index (χ2n) is 6.71. The highest BCUT2D eigenvalue weighted by Gasteiger charge is 2.36. The van der Waals surface area contributed by atoms with Gasteiger partial charge < -0.3 is 5.32 Å². The van der Waals surface area contributed by atoms with Crippen LogP contribution in [0.5, 0.6) is 0 Å². The molecule has 1 aliphatic rings. The summed E-state index contributed by atoms with van der Waals surface area (Å²) < 4.78 is 0. The van der Waals surface area contributed by atoms with Crippen molar-refractivity contribution >= 4 is 0 Å². The highest BCUT2D eigenvalue weighted by Crippen LogP contribution is 2.45. The molecule has 1 N–H and O–H groups in total. The Hall–Kier alpha value is -0.0400. The molecule has 17 heavy (non-hydrogen) atoms. The summed E-state index contributed by atoms with van der Waals surface area (Å²) in [5, 5.41) is 3.57. The second-order valence-corrected chi connectivity index (χ2v) is 6.71. The van der Waals surface area contributed by atoms with Crippen LogP contribution in [0, 0.1) is 17.3 Å². The van der Waals surface area contributed by atoms with E-state index in [1.807, 2.05) is 0 Å². The summed E-state index contributed by atoms with van der Waals surface area (Å²) >= 11 is 0. The normalized spacial score (nSPS) is 28.1. The van der Waals surface area contributed by atoms with E-state index >= 15 is 0 Å². The molecule has 1 heteroatoms. The Balaban J connectivity index is 2.59. The van der Waals surface area contributed by atoms with Crippen LogP contribution in [-0.4, -0.2) is 12.6 Å². The van der Waals surface area contributed by atoms with Crippen LogP contribution in [0.1, 0.15) is 73.1 Å². The zero-order valence-corrected chi connectivity index (χ0v) is 12.7. The van der Waals surface area contributed by atoms with Crippen LogP contribution in [0.15, 0.2) is 0 Å². The lowest BCUT2D eigenvalue weighted by molar-refractivity contribution is 0.0735. The van der Waals surface area contributed by atoms with Gasteiger partial charge in [-0.05, 0) is 43.6 Å². The molecule has 0 aromatic rings. The molecule has 1 saturated carbocycles. The molecule has 0 aliphatic heterocycles. The minimum atomic E-state index is 0.503. The van der Waals surface area contributed by atoms with Crippen molar-refractivity contribution in [3.8, 4) is 0 Å². The maximum absolute atomic E-state index is 3.57. The van der Waals surface area contributed by atoms with Crippen LogP contribution in [0.2, 0.25) is 0 Å². The molecule has 0 radical (unpaired) electrons. The Kier molecular flexibility index (Phi) is 5.99. The van der Waals surface area contributed by atoms with Crippen LogP contribution < -0.4 is 5.32 Å². The molecular formula is C16H33N. The molecular weight excluding hydrogens is 206 g/mol. The van der Waals surface area contributed by atoms with E-state index in [2.05, 4.69) is 39.9 Å². The first kappa shape index (κ1) is 15.0. The molecule has 102 valence electrons. The molecule has 3 atom stereocenters. The maximum atomic E-state index is 3.57. The molecule has 3 unspecified atom stereocenters. The smallest absolute Gasteiger partial charge is 0.00437 e. The van der Waals surface area contributed by atoms with Gasteiger partial charge in [0.25, 0.3) is 0 Å². The Bertz CT molecular complexity index is 210. The van der Waals surface area contributed by atoms with Crippen LogP contribution >= 0.6 is 0 Å². The molecule has 0 bridgehead atoms. The monoisotopic (exact) mass is 239 g/mol. The predicted molar refractivity (Wildman–Crippen MR) is 77.3 cm³/mol. The van der Waals surface area contributed by atoms with Crippen LogP contribution in [0.4, 0.5) is 0 Å². The Morgan fingerprint density at radius 3 is 2.41 bits per heavy atom. The molecule has 0 heterocycles. The minimum Gasteiger partial charge on any atom is -0.315 e. The van der Waals surface area contributed by atoms with Gasteiger partial charge in [0.15, 0.2) is 0 Å². The van der Waals surface area contributed by atoms with Crippen molar-refractivity contribution in [3.05, 3.63) is 0 Å². The zero-order chi connectivity index (χ0) is 12.9. The van der Waals surface area contributed by atoms with Crippen LogP contribution in [-0.2, 0) is 0 Å². The van der Waals surface area contributed by atoms with Gasteiger partial charge in [0.05, 0.1) is 0 Å². The van der Waals surface area contributed by atoms with Crippen molar-refractivity contribution < 1.29 is 0 Å². The van der Waals surface area contributed by atoms with Gasteiger partial charge in [-0.15, -0.1) is 0 Å². The third-order valence-electron chi connectivity index (χ3n) is 4.82. The Labute approximate surface area is 109 Å². The largest absolute Gasteiger partial charge is 0.315 e. The molecule has 1 rings (SSSR count). The molecule has 0 saturated heterocycles. The molecule has 0 aromatic heterocycles. The third kappa shape index (κ3) is 4.28. The lowest BCUT2D eigenvalue weighted by Gasteiger charge is -2.43. The molecule has 0 amide bonds. The van der Waals surface area contributed by atoms with Gasteiger partial charge in [-0.25, -0.2) is 0 Å². The summed E-state index contributed by atoms with van der Waals surface area (Å²) in [6.07, 6.45) is 8.56. The fourth-order valence-corrected chi connectivity index (χ4v) is 4.09. The van der Waals surface area contributed by atoms with Crippen molar-refractivity contribution in [2.24, 2.45) is 17.3 Å². The number of nitrogens with one attached hydrogen (secondary N) is 1. The van der Waals surface area contributed by atoms with Crippen LogP contribution in [0.3, 0.4) is 0 Å². The minimum absolute atomic E-state index is 0.503. The van der Waals surface area contributed by atoms with Gasteiger partial charge in [0, 0.05) is 6.04 Å². The average Bonchev–Trinajstić information content (AvgIpc) is 2.28. The number of hydrogen-bond donors (Lipinski definition) is 1. The van der Waals surface area contributed by atoms with Gasteiger partial charge in [0.2, 0.25) is 0 Å². The lowest BCUT2D eigenvalue weighted by Crippen LogP contribution is -2.38. The maximum Gasteiger partial charge on any atom is 0.00437 e. The van der Waals surface area contributed by atoms with E-state index < -0.39 is 0 Å². The Morgan fingerprint density at radius 2 is 1.82 bits per heavy atom. The first-order chi connectivity index (χ1) is 8.01. The van der Waals surface area contributed by atoms with Gasteiger partial charge in [-0.2, -0.15) is 0 Å². The highest BCUT2D eigenvalue weighted by molar-refractivity contribution is 4.88. The van der Waals surface area contributed by atoms with E-state index in [0.717, 1.165) is 18.4 Å². The van der Waals surface area contributed by atoms with Crippen molar-refractivity contribution in [2.75, 3.05) is 6.54 Å². The van der Waals surface area contributed by atoms with E-state index in [4.69, 9.17) is 0 Å². The van der Waals surface area contributed by atoms with Crippen molar-refractivity contribution in [1.82, 2.24) is 5.32 Å². The number of hydrogen-bond acceptors (Lipinski definition) is 1. The standard InChI is InChI=1S/C16H33N/c1-6-14-10-8-9-11-15(14)16(4,5)12-13(3)17-7-2/h13-15,17H,6-12H2,1-5H3. The topological polar surface area (TPSA) is 12.0 Å². The quantitative estimate of drug-likeness (QED) is 0.713. The lowest BCUT2D eigenvalue weighted by atomic mass is 9.63. The Morgan fingerprint density at radius 1 is 1.18 bits per heavy atom. The van der Waals surface area contributed by atoms with E-state index in [1.54, 1.807) is 0 Å². The fraction of sp³-hybridized carbons (Fsp3) is 1.00. The average molecular weight is 239 g/mol. The van der Waals surface area contributed by atoms with E-state index in [-0.39, 0.29) is 0 Å². The zero-order valence-electron chi connectivity index (χ0n) is 12.7. The van der Waals surface area contributed by atoms with Crippen molar-refractivity contribution in [1.29, 1.82) is 0 Å². The summed E-state index contributed by atoms with van der Waals surface area (Å²) in [6, 6.07) is 0.662. The first-order valence-corrected chi connectivity index (χ1v) is 7.74. The molecule has 0 spiro atoms. The summed E-state index contributed by atoms with van der Waals surface area (Å²) in [5.41, 5.74) is 0.503. The fourth-order valence-electron chi connectivity index (χ4n) is 4.09. The molecule has 1 nitrogen and oxygen atoms in total. The number of rotatable bonds is 6. The molecule has 0 aromatic carbocycles. The first-order valence-electron chi connectivity index (χ1n) is 7.74. The van der Waals surface area contributed by atoms with E-state index in [1.165, 1.54) is 38.5 Å². The van der Waals surface area contributed by atoms with Crippen molar-refractivity contribution in [2.45, 2.75) is 79.2 Å². The van der Waals surface area contributed by atoms with Gasteiger partial charge in [0.1, 0.15) is 0 Å². The molecule has 1 aliphatic carbocycles. The third-order valence-corrected chi connectivity index (χ3v) is 4.82. The second kappa shape index (κ2) is 6.78. The van der Waals surface area contributed by atoms with Crippen LogP contribution in [0.25, 0.3) is 0 Å². The highest BCUT2D eigenvalue weighted by atomic mass is 14.9. The predicted octanol–water partition coefficient (Wildman–Crippen LogP) is 4.62. The summed E-state index contributed by atoms with van der Waals surface area (Å²) in [6.45, 7) is 13.0. The molecule has 1 fully saturated rings. The SMILES string of the molecule is CCNC(C)CC(C)(C)C1CCCCC1CC. The van der Waals surface area contributed by atoms with Gasteiger partial charge in [-0.3, -0.25) is 0 Å². The van der Waals surface area contributed by atoms with Gasteiger partial charge >= 0.3 is 0 Å². The summed E-state index contributed by atoms with van der Waals surface area (Å²) in [5.74, 6) is 1.93. The summed E-state index contributed by atoms with van der Waals surface area (Å²) in [4.78, 5) is 0. The van der Waals surface area contributed by atoms with Gasteiger partial charge in [-0.1, -0.05) is 53.4 Å². The van der Waals surface area contributed by atoms with E-state index in [9.17, 15) is 0 Å².